The first-order chi connectivity index (χ1) is 24.8. The van der Waals surface area contributed by atoms with Gasteiger partial charge in [-0.3, -0.25) is 0 Å². The lowest BCUT2D eigenvalue weighted by Crippen LogP contribution is -2.09. The maximum atomic E-state index is 4.97. The number of thiophene rings is 1. The van der Waals surface area contributed by atoms with Crippen LogP contribution in [0.2, 0.25) is 0 Å². The molecule has 0 saturated heterocycles. The van der Waals surface area contributed by atoms with Crippen molar-refractivity contribution in [1.82, 2.24) is 15.0 Å². The van der Waals surface area contributed by atoms with Gasteiger partial charge in [-0.25, -0.2) is 15.0 Å². The van der Waals surface area contributed by atoms with E-state index in [2.05, 4.69) is 126 Å². The van der Waals surface area contributed by atoms with E-state index in [1.807, 2.05) is 60.7 Å². The standard InChI is InChI=1S/C45H30N4S/c1-5-13-31(14-6-1)32-21-24-37(25-22-32)49(36-19-11-4-12-20-36)38-26-28-40-39-27-23-35(29-41(39)50-42(40)30-38)45-47-43(33-15-7-2-8-16-33)46-44(48-45)34-17-9-3-10-18-34/h1-30H. The number of hydrogen-bond donors (Lipinski definition) is 0. The smallest absolute Gasteiger partial charge is 0.164 e. The number of para-hydroxylation sites is 1. The van der Waals surface area contributed by atoms with Crippen LogP contribution in [0.3, 0.4) is 0 Å². The number of hydrogen-bond acceptors (Lipinski definition) is 5. The second-order valence-corrected chi connectivity index (χ2v) is 13.2. The average Bonchev–Trinajstić information content (AvgIpc) is 3.57. The van der Waals surface area contributed by atoms with E-state index in [1.165, 1.54) is 31.3 Å². The molecule has 0 bridgehead atoms. The summed E-state index contributed by atoms with van der Waals surface area (Å²) in [5.74, 6) is 1.98. The molecule has 0 amide bonds. The first kappa shape index (κ1) is 29.7. The second kappa shape index (κ2) is 12.9. The topological polar surface area (TPSA) is 41.9 Å². The van der Waals surface area contributed by atoms with Gasteiger partial charge in [0.25, 0.3) is 0 Å². The minimum Gasteiger partial charge on any atom is -0.310 e. The fourth-order valence-corrected chi connectivity index (χ4v) is 7.62. The zero-order valence-electron chi connectivity index (χ0n) is 27.0. The third kappa shape index (κ3) is 5.70. The third-order valence-electron chi connectivity index (χ3n) is 8.92. The van der Waals surface area contributed by atoms with Crippen LogP contribution in [0.5, 0.6) is 0 Å². The van der Waals surface area contributed by atoms with E-state index < -0.39 is 0 Å². The highest BCUT2D eigenvalue weighted by Gasteiger charge is 2.17. The summed E-state index contributed by atoms with van der Waals surface area (Å²) in [6.07, 6.45) is 0. The Hall–Kier alpha value is -6.43. The molecule has 2 heterocycles. The Bertz CT molecular complexity index is 2510. The van der Waals surface area contributed by atoms with Crippen molar-refractivity contribution >= 4 is 48.6 Å². The van der Waals surface area contributed by atoms with Crippen LogP contribution < -0.4 is 4.90 Å². The fourth-order valence-electron chi connectivity index (χ4n) is 6.44. The maximum absolute atomic E-state index is 4.97. The van der Waals surface area contributed by atoms with E-state index in [1.54, 1.807) is 11.3 Å². The van der Waals surface area contributed by atoms with Crippen molar-refractivity contribution in [1.29, 1.82) is 0 Å². The molecule has 0 N–H and O–H groups in total. The molecular formula is C45H30N4S. The van der Waals surface area contributed by atoms with Crippen molar-refractivity contribution in [2.45, 2.75) is 0 Å². The summed E-state index contributed by atoms with van der Waals surface area (Å²) in [4.78, 5) is 17.1. The molecule has 0 radical (unpaired) electrons. The number of anilines is 3. The maximum Gasteiger partial charge on any atom is 0.164 e. The number of nitrogens with zero attached hydrogens (tertiary/aromatic N) is 4. The van der Waals surface area contributed by atoms with E-state index in [4.69, 9.17) is 15.0 Å². The first-order valence-electron chi connectivity index (χ1n) is 16.6. The Balaban J connectivity index is 1.12. The van der Waals surface area contributed by atoms with Gasteiger partial charge < -0.3 is 4.90 Å². The van der Waals surface area contributed by atoms with Gasteiger partial charge in [0, 0.05) is 53.9 Å². The van der Waals surface area contributed by atoms with Crippen molar-refractivity contribution < 1.29 is 0 Å². The van der Waals surface area contributed by atoms with Crippen LogP contribution in [-0.2, 0) is 0 Å². The van der Waals surface area contributed by atoms with Gasteiger partial charge >= 0.3 is 0 Å². The minimum atomic E-state index is 0.659. The van der Waals surface area contributed by atoms with Crippen LogP contribution >= 0.6 is 11.3 Å². The zero-order chi connectivity index (χ0) is 33.3. The molecule has 7 aromatic carbocycles. The zero-order valence-corrected chi connectivity index (χ0v) is 27.8. The molecule has 0 aliphatic rings. The molecule has 0 saturated carbocycles. The predicted molar refractivity (Wildman–Crippen MR) is 209 cm³/mol. The lowest BCUT2D eigenvalue weighted by atomic mass is 10.0. The molecule has 4 nitrogen and oxygen atoms in total. The van der Waals surface area contributed by atoms with Gasteiger partial charge in [-0.05, 0) is 53.6 Å². The van der Waals surface area contributed by atoms with Crippen LogP contribution in [-0.4, -0.2) is 15.0 Å². The molecule has 9 rings (SSSR count). The molecule has 2 aromatic heterocycles. The summed E-state index contributed by atoms with van der Waals surface area (Å²) in [5.41, 5.74) is 8.62. The molecule has 0 aliphatic carbocycles. The van der Waals surface area contributed by atoms with Crippen molar-refractivity contribution in [3.05, 3.63) is 182 Å². The van der Waals surface area contributed by atoms with Crippen LogP contribution in [0.15, 0.2) is 182 Å². The lowest BCUT2D eigenvalue weighted by Gasteiger charge is -2.25. The Morgan fingerprint density at radius 2 is 0.720 bits per heavy atom. The third-order valence-corrected chi connectivity index (χ3v) is 10.0. The molecule has 0 aliphatic heterocycles. The number of aromatic nitrogens is 3. The molecule has 0 atom stereocenters. The molecule has 0 spiro atoms. The largest absolute Gasteiger partial charge is 0.310 e. The molecule has 236 valence electrons. The van der Waals surface area contributed by atoms with E-state index in [0.29, 0.717) is 17.5 Å². The quantitative estimate of drug-likeness (QED) is 0.171. The molecule has 50 heavy (non-hydrogen) atoms. The normalized spacial score (nSPS) is 11.2. The van der Waals surface area contributed by atoms with Gasteiger partial charge in [-0.15, -0.1) is 11.3 Å². The summed E-state index contributed by atoms with van der Waals surface area (Å²) in [6, 6.07) is 63.4. The second-order valence-electron chi connectivity index (χ2n) is 12.1. The Kier molecular flexibility index (Phi) is 7.65. The van der Waals surface area contributed by atoms with Gasteiger partial charge in [0.05, 0.1) is 0 Å². The average molecular weight is 659 g/mol. The van der Waals surface area contributed by atoms with Crippen LogP contribution in [0.4, 0.5) is 17.1 Å². The lowest BCUT2D eigenvalue weighted by molar-refractivity contribution is 1.07. The summed E-state index contributed by atoms with van der Waals surface area (Å²) >= 11 is 1.80. The van der Waals surface area contributed by atoms with Crippen LogP contribution in [0.25, 0.3) is 65.5 Å². The van der Waals surface area contributed by atoms with Crippen LogP contribution in [0.1, 0.15) is 0 Å². The van der Waals surface area contributed by atoms with E-state index >= 15 is 0 Å². The Morgan fingerprint density at radius 3 is 1.30 bits per heavy atom. The fraction of sp³-hybridized carbons (Fsp3) is 0. The summed E-state index contributed by atoms with van der Waals surface area (Å²) < 4.78 is 2.41. The highest BCUT2D eigenvalue weighted by atomic mass is 32.1. The molecule has 9 aromatic rings. The highest BCUT2D eigenvalue weighted by molar-refractivity contribution is 7.25. The van der Waals surface area contributed by atoms with E-state index in [9.17, 15) is 0 Å². The van der Waals surface area contributed by atoms with Crippen molar-refractivity contribution in [2.75, 3.05) is 4.90 Å². The molecule has 0 fully saturated rings. The summed E-state index contributed by atoms with van der Waals surface area (Å²) in [5, 5.41) is 2.46. The van der Waals surface area contributed by atoms with Crippen molar-refractivity contribution in [3.8, 4) is 45.3 Å². The van der Waals surface area contributed by atoms with E-state index in [-0.39, 0.29) is 0 Å². The number of fused-ring (bicyclic) bond motifs is 3. The Labute approximate surface area is 294 Å². The van der Waals surface area contributed by atoms with Gasteiger partial charge in [0.2, 0.25) is 0 Å². The number of benzene rings is 7. The highest BCUT2D eigenvalue weighted by Crippen LogP contribution is 2.42. The van der Waals surface area contributed by atoms with Gasteiger partial charge in [-0.1, -0.05) is 140 Å². The van der Waals surface area contributed by atoms with Crippen molar-refractivity contribution in [3.63, 3.8) is 0 Å². The molecular weight excluding hydrogens is 629 g/mol. The first-order valence-corrected chi connectivity index (χ1v) is 17.4. The van der Waals surface area contributed by atoms with Crippen LogP contribution in [0, 0.1) is 0 Å². The number of rotatable bonds is 7. The monoisotopic (exact) mass is 658 g/mol. The summed E-state index contributed by atoms with van der Waals surface area (Å²) in [6.45, 7) is 0. The van der Waals surface area contributed by atoms with Gasteiger partial charge in [0.15, 0.2) is 17.5 Å². The Morgan fingerprint density at radius 1 is 0.320 bits per heavy atom. The minimum absolute atomic E-state index is 0.659. The van der Waals surface area contributed by atoms with Crippen molar-refractivity contribution in [2.24, 2.45) is 0 Å². The molecule has 5 heteroatoms. The summed E-state index contributed by atoms with van der Waals surface area (Å²) in [7, 11) is 0. The van der Waals surface area contributed by atoms with Gasteiger partial charge in [-0.2, -0.15) is 0 Å². The predicted octanol–water partition coefficient (Wildman–Crippen LogP) is 12.4. The van der Waals surface area contributed by atoms with Gasteiger partial charge in [0.1, 0.15) is 0 Å². The molecule has 0 unspecified atom stereocenters. The SMILES string of the molecule is c1ccc(-c2ccc(N(c3ccccc3)c3ccc4c(c3)sc3cc(-c5nc(-c6ccccc6)nc(-c6ccccc6)n5)ccc34)cc2)cc1. The van der Waals surface area contributed by atoms with E-state index in [0.717, 1.165) is 33.8 Å².